The number of urea groups is 1. The molecule has 8 nitrogen and oxygen atoms in total. The lowest BCUT2D eigenvalue weighted by molar-refractivity contribution is -0.159. The summed E-state index contributed by atoms with van der Waals surface area (Å²) in [6.07, 6.45) is 3.35. The zero-order chi connectivity index (χ0) is 22.4. The Balaban J connectivity index is 0.000000656. The highest BCUT2D eigenvalue weighted by atomic mass is 32.2. The summed E-state index contributed by atoms with van der Waals surface area (Å²) in [5.74, 6) is -3.65. The van der Waals surface area contributed by atoms with E-state index in [4.69, 9.17) is 19.8 Å². The first kappa shape index (κ1) is 25.8. The van der Waals surface area contributed by atoms with Gasteiger partial charge in [-0.05, 0) is 44.5 Å². The van der Waals surface area contributed by atoms with Gasteiger partial charge in [0.05, 0.1) is 0 Å². The van der Waals surface area contributed by atoms with Crippen LogP contribution in [0.2, 0.25) is 0 Å². The van der Waals surface area contributed by atoms with Crippen molar-refractivity contribution in [3.63, 3.8) is 0 Å². The molecule has 1 heterocycles. The van der Waals surface area contributed by atoms with E-state index in [1.54, 1.807) is 0 Å². The van der Waals surface area contributed by atoms with E-state index in [0.717, 1.165) is 52.1 Å². The number of likely N-dealkylation sites (tertiary alicyclic amines) is 1. The predicted octanol–water partition coefficient (Wildman–Crippen LogP) is 2.84. The highest BCUT2D eigenvalue weighted by Crippen LogP contribution is 2.30. The Morgan fingerprint density at radius 1 is 1.07 bits per heavy atom. The van der Waals surface area contributed by atoms with E-state index in [9.17, 15) is 4.79 Å². The molecule has 0 aliphatic carbocycles. The Morgan fingerprint density at radius 3 is 2.27 bits per heavy atom. The standard InChI is InChI=1S/C19H31N3OS.C2H2O4/c1-3-21(4-2)16-13-20-19(23)22-14-8-11-18(12-15-22)24-17-9-6-5-7-10-17;3-1(4)2(5)6/h5-7,9-10,18H,3-4,8,11-16H2,1-2H3,(H,20,23);(H,3,4)(H,5,6). The van der Waals surface area contributed by atoms with E-state index in [1.165, 1.54) is 11.3 Å². The summed E-state index contributed by atoms with van der Waals surface area (Å²) in [6, 6.07) is 10.7. The van der Waals surface area contributed by atoms with Gasteiger partial charge in [0.1, 0.15) is 0 Å². The number of carboxylic acid groups (broad SMARTS) is 2. The average Bonchev–Trinajstić information content (AvgIpc) is 2.98. The van der Waals surface area contributed by atoms with Crippen molar-refractivity contribution >= 4 is 29.7 Å². The monoisotopic (exact) mass is 439 g/mol. The average molecular weight is 440 g/mol. The van der Waals surface area contributed by atoms with Gasteiger partial charge in [-0.25, -0.2) is 14.4 Å². The number of aliphatic carboxylic acids is 2. The van der Waals surface area contributed by atoms with Gasteiger partial charge in [-0.1, -0.05) is 32.0 Å². The summed E-state index contributed by atoms with van der Waals surface area (Å²) >= 11 is 1.95. The molecule has 2 rings (SSSR count). The van der Waals surface area contributed by atoms with Crippen LogP contribution >= 0.6 is 11.8 Å². The molecule has 30 heavy (non-hydrogen) atoms. The molecular weight excluding hydrogens is 406 g/mol. The van der Waals surface area contributed by atoms with Gasteiger partial charge >= 0.3 is 18.0 Å². The lowest BCUT2D eigenvalue weighted by Crippen LogP contribution is -2.43. The van der Waals surface area contributed by atoms with Crippen LogP contribution in [0.4, 0.5) is 4.79 Å². The molecule has 0 spiro atoms. The van der Waals surface area contributed by atoms with Crippen molar-refractivity contribution in [1.29, 1.82) is 0 Å². The minimum absolute atomic E-state index is 0.104. The van der Waals surface area contributed by atoms with Crippen LogP contribution in [0.5, 0.6) is 0 Å². The molecule has 1 fully saturated rings. The van der Waals surface area contributed by atoms with Crippen molar-refractivity contribution in [2.45, 2.75) is 43.3 Å². The molecule has 1 aromatic rings. The second-order valence-electron chi connectivity index (χ2n) is 6.84. The minimum atomic E-state index is -1.82. The van der Waals surface area contributed by atoms with Gasteiger partial charge in [0, 0.05) is 36.3 Å². The van der Waals surface area contributed by atoms with Crippen LogP contribution in [0, 0.1) is 0 Å². The number of hydrogen-bond donors (Lipinski definition) is 3. The van der Waals surface area contributed by atoms with Gasteiger partial charge in [0.25, 0.3) is 0 Å². The quantitative estimate of drug-likeness (QED) is 0.560. The van der Waals surface area contributed by atoms with Gasteiger partial charge in [-0.2, -0.15) is 0 Å². The summed E-state index contributed by atoms with van der Waals surface area (Å²) in [7, 11) is 0. The molecule has 1 unspecified atom stereocenters. The maximum Gasteiger partial charge on any atom is 0.414 e. The van der Waals surface area contributed by atoms with Gasteiger partial charge in [-0.15, -0.1) is 11.8 Å². The number of benzene rings is 1. The number of thioether (sulfide) groups is 1. The molecule has 1 aromatic carbocycles. The number of nitrogens with zero attached hydrogens (tertiary/aromatic N) is 2. The second-order valence-corrected chi connectivity index (χ2v) is 8.21. The molecule has 1 saturated heterocycles. The summed E-state index contributed by atoms with van der Waals surface area (Å²) in [5.41, 5.74) is 0. The van der Waals surface area contributed by atoms with Crippen molar-refractivity contribution in [1.82, 2.24) is 15.1 Å². The Morgan fingerprint density at radius 2 is 1.70 bits per heavy atom. The molecule has 0 radical (unpaired) electrons. The van der Waals surface area contributed by atoms with Gasteiger partial charge in [0.15, 0.2) is 0 Å². The Bertz CT molecular complexity index is 643. The molecule has 1 aliphatic rings. The first-order chi connectivity index (χ1) is 14.4. The van der Waals surface area contributed by atoms with Gasteiger partial charge in [-0.3, -0.25) is 0 Å². The number of carbonyl (C=O) groups excluding carboxylic acids is 1. The van der Waals surface area contributed by atoms with Crippen molar-refractivity contribution < 1.29 is 24.6 Å². The van der Waals surface area contributed by atoms with Crippen molar-refractivity contribution in [2.75, 3.05) is 39.3 Å². The van der Waals surface area contributed by atoms with Crippen molar-refractivity contribution in [2.24, 2.45) is 0 Å². The van der Waals surface area contributed by atoms with Gasteiger partial charge < -0.3 is 25.3 Å². The zero-order valence-electron chi connectivity index (χ0n) is 17.7. The third-order valence-electron chi connectivity index (χ3n) is 4.79. The number of amides is 2. The topological polar surface area (TPSA) is 110 Å². The van der Waals surface area contributed by atoms with Crippen LogP contribution in [-0.4, -0.2) is 82.5 Å². The van der Waals surface area contributed by atoms with Crippen molar-refractivity contribution in [3.05, 3.63) is 30.3 Å². The van der Waals surface area contributed by atoms with E-state index in [0.29, 0.717) is 5.25 Å². The normalized spacial score (nSPS) is 16.2. The van der Waals surface area contributed by atoms with E-state index in [1.807, 2.05) is 16.7 Å². The number of likely N-dealkylation sites (N-methyl/N-ethyl adjacent to an activating group) is 1. The summed E-state index contributed by atoms with van der Waals surface area (Å²) in [4.78, 5) is 36.2. The van der Waals surface area contributed by atoms with E-state index >= 15 is 0 Å². The molecule has 0 saturated carbocycles. The number of nitrogens with one attached hydrogen (secondary N) is 1. The first-order valence-corrected chi connectivity index (χ1v) is 11.2. The molecule has 1 atom stereocenters. The summed E-state index contributed by atoms with van der Waals surface area (Å²) < 4.78 is 0. The minimum Gasteiger partial charge on any atom is -0.473 e. The maximum absolute atomic E-state index is 12.4. The lowest BCUT2D eigenvalue weighted by Gasteiger charge is -2.23. The summed E-state index contributed by atoms with van der Waals surface area (Å²) in [6.45, 7) is 9.79. The van der Waals surface area contributed by atoms with Crippen LogP contribution in [0.25, 0.3) is 0 Å². The van der Waals surface area contributed by atoms with E-state index in [-0.39, 0.29) is 6.03 Å². The predicted molar refractivity (Wildman–Crippen MR) is 118 cm³/mol. The fourth-order valence-corrected chi connectivity index (χ4v) is 4.26. The highest BCUT2D eigenvalue weighted by molar-refractivity contribution is 8.00. The van der Waals surface area contributed by atoms with Crippen LogP contribution in [-0.2, 0) is 9.59 Å². The Kier molecular flexibility index (Phi) is 12.6. The van der Waals surface area contributed by atoms with Crippen LogP contribution in [0.1, 0.15) is 33.1 Å². The van der Waals surface area contributed by atoms with Gasteiger partial charge in [0.2, 0.25) is 0 Å². The second kappa shape index (κ2) is 14.7. The zero-order valence-corrected chi connectivity index (χ0v) is 18.6. The number of rotatable bonds is 7. The lowest BCUT2D eigenvalue weighted by atomic mass is 10.2. The third kappa shape index (κ3) is 10.5. The van der Waals surface area contributed by atoms with Crippen LogP contribution in [0.15, 0.2) is 35.2 Å². The Labute approximate surface area is 182 Å². The molecule has 3 N–H and O–H groups in total. The molecule has 1 aliphatic heterocycles. The van der Waals surface area contributed by atoms with E-state index < -0.39 is 11.9 Å². The fourth-order valence-electron chi connectivity index (χ4n) is 3.05. The largest absolute Gasteiger partial charge is 0.473 e. The van der Waals surface area contributed by atoms with E-state index in [2.05, 4.69) is 54.4 Å². The fraction of sp³-hybridized carbons (Fsp3) is 0.571. The van der Waals surface area contributed by atoms with Crippen molar-refractivity contribution in [3.8, 4) is 0 Å². The number of hydrogen-bond acceptors (Lipinski definition) is 5. The number of carbonyl (C=O) groups is 3. The third-order valence-corrected chi connectivity index (χ3v) is 6.14. The molecule has 9 heteroatoms. The molecule has 168 valence electrons. The van der Waals surface area contributed by atoms with Crippen LogP contribution < -0.4 is 5.32 Å². The molecule has 0 aromatic heterocycles. The molecule has 2 amide bonds. The number of carboxylic acids is 2. The highest BCUT2D eigenvalue weighted by Gasteiger charge is 2.21. The Hall–Kier alpha value is -2.26. The maximum atomic E-state index is 12.4. The molecular formula is C21H33N3O5S. The van der Waals surface area contributed by atoms with Crippen LogP contribution in [0.3, 0.4) is 0 Å². The smallest absolute Gasteiger partial charge is 0.414 e. The first-order valence-electron chi connectivity index (χ1n) is 10.3. The SMILES string of the molecule is CCN(CC)CCNC(=O)N1CCCC(Sc2ccccc2)CC1.O=C(O)C(=O)O. The molecule has 0 bridgehead atoms. The summed E-state index contributed by atoms with van der Waals surface area (Å²) in [5, 5.41) is 18.5.